The number of hydrogen-bond donors (Lipinski definition) is 0. The lowest BCUT2D eigenvalue weighted by atomic mass is 10.1. The third-order valence-electron chi connectivity index (χ3n) is 4.80. The van der Waals surface area contributed by atoms with Crippen molar-refractivity contribution in [1.29, 1.82) is 0 Å². The van der Waals surface area contributed by atoms with E-state index in [0.717, 1.165) is 9.75 Å². The van der Waals surface area contributed by atoms with Crippen molar-refractivity contribution in [2.75, 3.05) is 6.61 Å². The van der Waals surface area contributed by atoms with Gasteiger partial charge in [0, 0.05) is 31.9 Å². The lowest BCUT2D eigenvalue weighted by Crippen LogP contribution is -2.32. The Labute approximate surface area is 212 Å². The molecule has 0 saturated carbocycles. The molecule has 0 unspecified atom stereocenters. The first kappa shape index (κ1) is 23.3. The van der Waals surface area contributed by atoms with E-state index in [2.05, 4.69) is 22.5 Å². The molecule has 0 amide bonds. The molecular weight excluding hydrogens is 509 g/mol. The van der Waals surface area contributed by atoms with Gasteiger partial charge in [-0.1, -0.05) is 23.5 Å². The number of esters is 1. The number of thiophene rings is 4. The smallest absolute Gasteiger partial charge is 0.341 e. The fraction of sp³-hybridized carbons (Fsp3) is 0.208. The Morgan fingerprint density at radius 1 is 0.971 bits per heavy atom. The van der Waals surface area contributed by atoms with Crippen LogP contribution in [-0.4, -0.2) is 31.3 Å². The predicted octanol–water partition coefficient (Wildman–Crippen LogP) is 7.67. The summed E-state index contributed by atoms with van der Waals surface area (Å²) in [4.78, 5) is 26.7. The Balaban J connectivity index is 1.53. The lowest BCUT2D eigenvalue weighted by Gasteiger charge is -2.34. The average molecular weight is 529 g/mol. The number of nitrogens with zero attached hydrogens (tertiary/aromatic N) is 2. The Morgan fingerprint density at radius 3 is 2.44 bits per heavy atom. The van der Waals surface area contributed by atoms with E-state index in [9.17, 15) is 4.79 Å². The Bertz CT molecular complexity index is 1310. The minimum Gasteiger partial charge on any atom is -0.462 e. The van der Waals surface area contributed by atoms with Crippen LogP contribution in [0.2, 0.25) is 0 Å². The van der Waals surface area contributed by atoms with E-state index in [1.807, 2.05) is 36.6 Å². The quantitative estimate of drug-likeness (QED) is 0.174. The van der Waals surface area contributed by atoms with Gasteiger partial charge in [0.1, 0.15) is 15.6 Å². The second-order valence-electron chi connectivity index (χ2n) is 7.10. The van der Waals surface area contributed by atoms with Gasteiger partial charge in [0.2, 0.25) is 0 Å². The summed E-state index contributed by atoms with van der Waals surface area (Å²) in [5.74, 6) is -0.462. The molecule has 34 heavy (non-hydrogen) atoms. The van der Waals surface area contributed by atoms with Crippen LogP contribution in [0.15, 0.2) is 57.1 Å². The van der Waals surface area contributed by atoms with Crippen molar-refractivity contribution >= 4 is 73.7 Å². The van der Waals surface area contributed by atoms with Gasteiger partial charge in [-0.15, -0.1) is 34.0 Å². The number of rotatable bonds is 8. The molecule has 0 atom stereocenters. The Hall–Kier alpha value is -2.47. The highest BCUT2D eigenvalue weighted by Crippen LogP contribution is 2.49. The Morgan fingerprint density at radius 2 is 1.74 bits per heavy atom. The first-order valence-corrected chi connectivity index (χ1v) is 13.9. The first-order chi connectivity index (χ1) is 16.6. The van der Waals surface area contributed by atoms with Crippen molar-refractivity contribution in [1.82, 2.24) is 0 Å². The summed E-state index contributed by atoms with van der Waals surface area (Å²) in [7, 11) is 0. The monoisotopic (exact) mass is 528 g/mol. The average Bonchev–Trinajstić information content (AvgIpc) is 3.60. The van der Waals surface area contributed by atoms with Crippen LogP contribution in [0.3, 0.4) is 0 Å². The van der Waals surface area contributed by atoms with E-state index in [1.54, 1.807) is 53.4 Å². The second-order valence-corrected chi connectivity index (χ2v) is 11.1. The van der Waals surface area contributed by atoms with Crippen molar-refractivity contribution in [3.63, 3.8) is 0 Å². The van der Waals surface area contributed by atoms with Crippen LogP contribution in [-0.2, 0) is 14.2 Å². The van der Waals surface area contributed by atoms with Crippen LogP contribution >= 0.6 is 45.3 Å². The van der Waals surface area contributed by atoms with Crippen molar-refractivity contribution in [3.8, 4) is 9.75 Å². The van der Waals surface area contributed by atoms with Crippen molar-refractivity contribution in [2.24, 2.45) is 9.98 Å². The third kappa shape index (κ3) is 4.97. The zero-order valence-corrected chi connectivity index (χ0v) is 21.6. The van der Waals surface area contributed by atoms with Crippen LogP contribution in [0, 0.1) is 0 Å². The standard InChI is InChI=1S/C24H20N2O4S4/c1-3-28-23(27)19-20(24-29-14(2)30-24)22(34-21(19)25-12-15-6-4-10-31-15)26-13-16-8-9-18(33-16)17-7-5-11-32-17/h4-14,24H,3H2,1-2H3. The van der Waals surface area contributed by atoms with E-state index in [4.69, 9.17) is 19.2 Å². The molecule has 4 aromatic heterocycles. The summed E-state index contributed by atoms with van der Waals surface area (Å²) in [6.45, 7) is 3.84. The van der Waals surface area contributed by atoms with E-state index >= 15 is 0 Å². The van der Waals surface area contributed by atoms with Gasteiger partial charge in [-0.05, 0) is 48.9 Å². The van der Waals surface area contributed by atoms with Crippen LogP contribution in [0.25, 0.3) is 9.75 Å². The molecule has 0 aliphatic carbocycles. The van der Waals surface area contributed by atoms with Crippen molar-refractivity contribution in [3.05, 3.63) is 68.0 Å². The molecule has 0 N–H and O–H groups in total. The van der Waals surface area contributed by atoms with Gasteiger partial charge < -0.3 is 14.2 Å². The zero-order valence-electron chi connectivity index (χ0n) is 18.3. The molecule has 0 aromatic carbocycles. The van der Waals surface area contributed by atoms with Crippen LogP contribution in [0.5, 0.6) is 0 Å². The van der Waals surface area contributed by atoms with Gasteiger partial charge in [-0.25, -0.2) is 14.8 Å². The van der Waals surface area contributed by atoms with E-state index in [0.29, 0.717) is 21.1 Å². The highest BCUT2D eigenvalue weighted by Gasteiger charge is 2.38. The second kappa shape index (κ2) is 10.4. The lowest BCUT2D eigenvalue weighted by molar-refractivity contribution is -0.382. The molecule has 1 saturated heterocycles. The molecular formula is C24H20N2O4S4. The van der Waals surface area contributed by atoms with Crippen LogP contribution in [0.4, 0.5) is 10.0 Å². The number of ether oxygens (including phenoxy) is 3. The fourth-order valence-electron chi connectivity index (χ4n) is 3.30. The molecule has 1 fully saturated rings. The molecule has 0 radical (unpaired) electrons. The van der Waals surface area contributed by atoms with Crippen molar-refractivity contribution in [2.45, 2.75) is 26.4 Å². The minimum atomic E-state index is -0.687. The molecule has 1 aliphatic rings. The SMILES string of the molecule is CCOC(=O)c1c(N=Cc2cccs2)sc(N=Cc2ccc(-c3cccs3)s2)c1C1OC(C)O1. The summed E-state index contributed by atoms with van der Waals surface area (Å²) in [6, 6.07) is 12.2. The number of hydrogen-bond acceptors (Lipinski definition) is 10. The van der Waals surface area contributed by atoms with Crippen LogP contribution < -0.4 is 0 Å². The van der Waals surface area contributed by atoms with Gasteiger partial charge in [-0.3, -0.25) is 0 Å². The molecule has 10 heteroatoms. The molecule has 0 bridgehead atoms. The van der Waals surface area contributed by atoms with E-state index in [1.165, 1.54) is 21.1 Å². The topological polar surface area (TPSA) is 69.5 Å². The van der Waals surface area contributed by atoms with Crippen molar-refractivity contribution < 1.29 is 19.0 Å². The van der Waals surface area contributed by atoms with Gasteiger partial charge in [0.15, 0.2) is 12.6 Å². The summed E-state index contributed by atoms with van der Waals surface area (Å²) in [6.07, 6.45) is 2.52. The maximum atomic E-state index is 12.9. The largest absolute Gasteiger partial charge is 0.462 e. The Kier molecular flexibility index (Phi) is 7.14. The van der Waals surface area contributed by atoms with Gasteiger partial charge in [-0.2, -0.15) is 0 Å². The maximum Gasteiger partial charge on any atom is 0.341 e. The molecule has 1 aliphatic heterocycles. The normalized spacial score (nSPS) is 18.1. The van der Waals surface area contributed by atoms with E-state index in [-0.39, 0.29) is 12.9 Å². The highest BCUT2D eigenvalue weighted by molar-refractivity contribution is 7.22. The van der Waals surface area contributed by atoms with Gasteiger partial charge >= 0.3 is 5.97 Å². The molecule has 4 aromatic rings. The molecule has 6 nitrogen and oxygen atoms in total. The first-order valence-electron chi connectivity index (χ1n) is 10.5. The van der Waals surface area contributed by atoms with Gasteiger partial charge in [0.25, 0.3) is 0 Å². The minimum absolute atomic E-state index is 0.254. The predicted molar refractivity (Wildman–Crippen MR) is 141 cm³/mol. The van der Waals surface area contributed by atoms with Crippen LogP contribution in [0.1, 0.15) is 45.8 Å². The molecule has 0 spiro atoms. The van der Waals surface area contributed by atoms with E-state index < -0.39 is 12.3 Å². The molecule has 5 rings (SSSR count). The highest BCUT2D eigenvalue weighted by atomic mass is 32.1. The van der Waals surface area contributed by atoms with Gasteiger partial charge in [0.05, 0.1) is 12.2 Å². The number of carbonyl (C=O) groups excluding carboxylic acids is 1. The summed E-state index contributed by atoms with van der Waals surface area (Å²) >= 11 is 6.26. The summed E-state index contributed by atoms with van der Waals surface area (Å²) < 4.78 is 16.9. The fourth-order valence-corrected chi connectivity index (χ4v) is 6.60. The summed E-state index contributed by atoms with van der Waals surface area (Å²) in [5.41, 5.74) is 0.903. The summed E-state index contributed by atoms with van der Waals surface area (Å²) in [5, 5.41) is 5.18. The zero-order chi connectivity index (χ0) is 23.5. The third-order valence-corrected chi connectivity index (χ3v) is 8.72. The molecule has 5 heterocycles. The maximum absolute atomic E-state index is 12.9. The number of aliphatic imine (C=N–C) groups is 2. The molecule has 174 valence electrons. The number of carbonyl (C=O) groups is 1.